The number of aliphatic imine (C=N–C) groups is 1. The van der Waals surface area contributed by atoms with Crippen molar-refractivity contribution in [2.75, 3.05) is 13.6 Å². The molecule has 11 heavy (non-hydrogen) atoms. The number of hydrogen-bond acceptors (Lipinski definition) is 3. The van der Waals surface area contributed by atoms with Crippen LogP contribution in [-0.4, -0.2) is 24.7 Å². The van der Waals surface area contributed by atoms with Crippen LogP contribution in [0.3, 0.4) is 0 Å². The van der Waals surface area contributed by atoms with Crippen LogP contribution in [0.4, 0.5) is 0 Å². The van der Waals surface area contributed by atoms with Crippen LogP contribution >= 0.6 is 12.2 Å². The van der Waals surface area contributed by atoms with Crippen molar-refractivity contribution in [2.45, 2.75) is 19.3 Å². The summed E-state index contributed by atoms with van der Waals surface area (Å²) in [4.78, 5) is 14.4. The van der Waals surface area contributed by atoms with Crippen molar-refractivity contribution in [3.8, 4) is 0 Å². The van der Waals surface area contributed by atoms with Gasteiger partial charge < -0.3 is 5.32 Å². The highest BCUT2D eigenvalue weighted by molar-refractivity contribution is 7.78. The van der Waals surface area contributed by atoms with E-state index in [0.717, 1.165) is 12.8 Å². The number of carbonyl (C=O) groups is 1. The van der Waals surface area contributed by atoms with E-state index >= 15 is 0 Å². The third-order valence-electron chi connectivity index (χ3n) is 1.27. The van der Waals surface area contributed by atoms with Crippen molar-refractivity contribution in [1.82, 2.24) is 5.32 Å². The summed E-state index contributed by atoms with van der Waals surface area (Å²) in [7, 11) is 1.64. The first-order chi connectivity index (χ1) is 5.31. The number of rotatable bonds is 5. The molecule has 0 saturated heterocycles. The average Bonchev–Trinajstić information content (AvgIpc) is 2.04. The number of thiocarbonyl (C=S) groups is 1. The SMILES string of the molecule is CNC(=O)CCCCN=C=S. The maximum Gasteiger partial charge on any atom is 0.219 e. The van der Waals surface area contributed by atoms with Gasteiger partial charge in [0.1, 0.15) is 0 Å². The van der Waals surface area contributed by atoms with Gasteiger partial charge in [-0.05, 0) is 25.1 Å². The van der Waals surface area contributed by atoms with Crippen molar-refractivity contribution >= 4 is 23.3 Å². The van der Waals surface area contributed by atoms with Crippen molar-refractivity contribution in [3.63, 3.8) is 0 Å². The van der Waals surface area contributed by atoms with Crippen LogP contribution < -0.4 is 5.32 Å². The Hall–Kier alpha value is -0.730. The Labute approximate surface area is 71.9 Å². The van der Waals surface area contributed by atoms with Gasteiger partial charge in [0.2, 0.25) is 5.91 Å². The first-order valence-electron chi connectivity index (χ1n) is 3.55. The zero-order valence-electron chi connectivity index (χ0n) is 6.59. The Balaban J connectivity index is 3.14. The Kier molecular flexibility index (Phi) is 6.89. The molecule has 3 nitrogen and oxygen atoms in total. The summed E-state index contributed by atoms with van der Waals surface area (Å²) in [5.74, 6) is 0.0799. The second-order valence-electron chi connectivity index (χ2n) is 2.10. The lowest BCUT2D eigenvalue weighted by Gasteiger charge is -1.96. The fourth-order valence-electron chi connectivity index (χ4n) is 0.647. The molecule has 1 N–H and O–H groups in total. The molecule has 0 heterocycles. The molecule has 0 unspecified atom stereocenters. The molecule has 0 atom stereocenters. The Morgan fingerprint density at radius 2 is 2.36 bits per heavy atom. The molecule has 1 amide bonds. The maximum atomic E-state index is 10.7. The quantitative estimate of drug-likeness (QED) is 0.382. The first-order valence-corrected chi connectivity index (χ1v) is 3.96. The second kappa shape index (κ2) is 7.38. The molecule has 4 heteroatoms. The molecule has 0 aromatic rings. The largest absolute Gasteiger partial charge is 0.359 e. The molecule has 0 fully saturated rings. The van der Waals surface area contributed by atoms with Gasteiger partial charge in [-0.2, -0.15) is 0 Å². The van der Waals surface area contributed by atoms with E-state index in [-0.39, 0.29) is 5.91 Å². The van der Waals surface area contributed by atoms with Crippen LogP contribution in [0, 0.1) is 0 Å². The monoisotopic (exact) mass is 172 g/mol. The molecule has 0 aromatic carbocycles. The minimum Gasteiger partial charge on any atom is -0.359 e. The predicted molar refractivity (Wildman–Crippen MR) is 47.8 cm³/mol. The van der Waals surface area contributed by atoms with Gasteiger partial charge in [-0.1, -0.05) is 0 Å². The molecule has 0 radical (unpaired) electrons. The number of isothiocyanates is 1. The normalized spacial score (nSPS) is 8.45. The van der Waals surface area contributed by atoms with Gasteiger partial charge in [0.15, 0.2) is 0 Å². The first kappa shape index (κ1) is 10.3. The van der Waals surface area contributed by atoms with Gasteiger partial charge in [0.05, 0.1) is 5.16 Å². The van der Waals surface area contributed by atoms with E-state index in [1.54, 1.807) is 7.05 Å². The minimum atomic E-state index is 0.0799. The molecule has 0 aromatic heterocycles. The van der Waals surface area contributed by atoms with Crippen LogP contribution in [0.2, 0.25) is 0 Å². The van der Waals surface area contributed by atoms with E-state index in [0.29, 0.717) is 13.0 Å². The lowest BCUT2D eigenvalue weighted by Crippen LogP contribution is -2.16. The highest BCUT2D eigenvalue weighted by atomic mass is 32.1. The Morgan fingerprint density at radius 1 is 1.64 bits per heavy atom. The molecular formula is C7H12N2OS. The van der Waals surface area contributed by atoms with Crippen LogP contribution in [0.25, 0.3) is 0 Å². The lowest BCUT2D eigenvalue weighted by atomic mass is 10.2. The van der Waals surface area contributed by atoms with E-state index in [1.807, 2.05) is 0 Å². The molecule has 0 aliphatic heterocycles. The predicted octanol–water partition coefficient (Wildman–Crippen LogP) is 1.01. The van der Waals surface area contributed by atoms with E-state index in [1.165, 1.54) is 0 Å². The fraction of sp³-hybridized carbons (Fsp3) is 0.714. The summed E-state index contributed by atoms with van der Waals surface area (Å²) in [6, 6.07) is 0. The highest BCUT2D eigenvalue weighted by Crippen LogP contribution is 1.94. The standard InChI is InChI=1S/C7H12N2OS/c1-8-7(10)4-2-3-5-9-6-11/h2-5H2,1H3,(H,8,10). The summed E-state index contributed by atoms with van der Waals surface area (Å²) < 4.78 is 0. The fourth-order valence-corrected chi connectivity index (χ4v) is 0.738. The van der Waals surface area contributed by atoms with E-state index in [9.17, 15) is 4.79 Å². The number of carbonyl (C=O) groups excluding carboxylic acids is 1. The zero-order valence-corrected chi connectivity index (χ0v) is 7.41. The molecule has 0 rings (SSSR count). The average molecular weight is 172 g/mol. The van der Waals surface area contributed by atoms with Gasteiger partial charge in [0.25, 0.3) is 0 Å². The third-order valence-corrected chi connectivity index (χ3v) is 1.40. The van der Waals surface area contributed by atoms with Gasteiger partial charge in [0, 0.05) is 20.0 Å². The van der Waals surface area contributed by atoms with Crippen molar-refractivity contribution in [3.05, 3.63) is 0 Å². The van der Waals surface area contributed by atoms with Crippen molar-refractivity contribution in [2.24, 2.45) is 4.99 Å². The molecule has 0 aliphatic carbocycles. The van der Waals surface area contributed by atoms with Crippen LogP contribution in [0.5, 0.6) is 0 Å². The van der Waals surface area contributed by atoms with Crippen LogP contribution in [0.1, 0.15) is 19.3 Å². The topological polar surface area (TPSA) is 41.5 Å². The lowest BCUT2D eigenvalue weighted by molar-refractivity contribution is -0.120. The van der Waals surface area contributed by atoms with Gasteiger partial charge >= 0.3 is 0 Å². The zero-order chi connectivity index (χ0) is 8.53. The third kappa shape index (κ3) is 7.16. The number of unbranched alkanes of at least 4 members (excludes halogenated alkanes) is 1. The molecule has 62 valence electrons. The summed E-state index contributed by atoms with van der Waals surface area (Å²) in [5.41, 5.74) is 0. The van der Waals surface area contributed by atoms with Gasteiger partial charge in [-0.25, -0.2) is 4.99 Å². The second-order valence-corrected chi connectivity index (χ2v) is 2.29. The van der Waals surface area contributed by atoms with E-state index < -0.39 is 0 Å². The molecule has 0 saturated carbocycles. The van der Waals surface area contributed by atoms with Gasteiger partial charge in [-0.3, -0.25) is 4.79 Å². The number of amides is 1. The van der Waals surface area contributed by atoms with Crippen LogP contribution in [-0.2, 0) is 4.79 Å². The molecule has 0 aliphatic rings. The Morgan fingerprint density at radius 3 is 2.91 bits per heavy atom. The smallest absolute Gasteiger partial charge is 0.219 e. The summed E-state index contributed by atoms with van der Waals surface area (Å²) >= 11 is 4.38. The molecule has 0 spiro atoms. The van der Waals surface area contributed by atoms with E-state index in [4.69, 9.17) is 0 Å². The maximum absolute atomic E-state index is 10.7. The number of hydrogen-bond donors (Lipinski definition) is 1. The van der Waals surface area contributed by atoms with E-state index in [2.05, 4.69) is 27.7 Å². The van der Waals surface area contributed by atoms with Crippen LogP contribution in [0.15, 0.2) is 4.99 Å². The minimum absolute atomic E-state index is 0.0799. The van der Waals surface area contributed by atoms with Crippen molar-refractivity contribution < 1.29 is 4.79 Å². The molecular weight excluding hydrogens is 160 g/mol. The van der Waals surface area contributed by atoms with Gasteiger partial charge in [-0.15, -0.1) is 0 Å². The summed E-state index contributed by atoms with van der Waals surface area (Å²) in [6.45, 7) is 0.681. The highest BCUT2D eigenvalue weighted by Gasteiger charge is 1.95. The number of nitrogens with zero attached hydrogens (tertiary/aromatic N) is 1. The van der Waals surface area contributed by atoms with Crippen molar-refractivity contribution in [1.29, 1.82) is 0 Å². The summed E-state index contributed by atoms with van der Waals surface area (Å²) in [6.07, 6.45) is 2.33. The Bertz CT molecular complexity index is 164. The molecule has 0 bridgehead atoms. The number of nitrogens with one attached hydrogen (secondary N) is 1. The summed E-state index contributed by atoms with van der Waals surface area (Å²) in [5, 5.41) is 4.83.